The minimum Gasteiger partial charge on any atom is -0.481 e. The van der Waals surface area contributed by atoms with E-state index in [2.05, 4.69) is 30.9 Å². The van der Waals surface area contributed by atoms with E-state index in [4.69, 9.17) is 10.8 Å². The Labute approximate surface area is 222 Å². The van der Waals surface area contributed by atoms with Crippen molar-refractivity contribution in [2.45, 2.75) is 56.8 Å². The third-order valence-corrected chi connectivity index (χ3v) is 6.08. The number of hydrogen-bond acceptors (Lipinski definition) is 7. The first-order chi connectivity index (χ1) is 18.5. The fourth-order valence-corrected chi connectivity index (χ4v) is 3.94. The number of carbonyl (C=O) groups is 5. The summed E-state index contributed by atoms with van der Waals surface area (Å²) in [7, 11) is 0. The number of nitrogens with one attached hydrogen (secondary N) is 5. The normalized spacial score (nSPS) is 14.1. The average molecular weight is 542 g/mol. The number of amides is 3. The molecule has 0 aliphatic heterocycles. The Morgan fingerprint density at radius 3 is 2.33 bits per heavy atom. The number of nitrogens with zero attached hydrogens (tertiary/aromatic N) is 1. The fraction of sp³-hybridized carbons (Fsp3) is 0.360. The second-order valence-corrected chi connectivity index (χ2v) is 9.07. The lowest BCUT2D eigenvalue weighted by molar-refractivity contribution is -0.143. The summed E-state index contributed by atoms with van der Waals surface area (Å²) in [6, 6.07) is 2.66. The number of nitrogens with two attached hydrogens (primary N) is 1. The van der Waals surface area contributed by atoms with E-state index in [-0.39, 0.29) is 19.3 Å². The number of aromatic amines is 2. The van der Waals surface area contributed by atoms with Gasteiger partial charge in [-0.25, -0.2) is 9.78 Å². The van der Waals surface area contributed by atoms with Crippen molar-refractivity contribution in [2.24, 2.45) is 5.73 Å². The summed E-state index contributed by atoms with van der Waals surface area (Å²) in [5, 5.41) is 26.3. The summed E-state index contributed by atoms with van der Waals surface area (Å²) >= 11 is 0. The van der Waals surface area contributed by atoms with Gasteiger partial charge in [0.15, 0.2) is 0 Å². The van der Waals surface area contributed by atoms with Gasteiger partial charge in [-0.2, -0.15) is 0 Å². The third kappa shape index (κ3) is 8.13. The van der Waals surface area contributed by atoms with Crippen LogP contribution in [0.1, 0.15) is 31.0 Å². The summed E-state index contributed by atoms with van der Waals surface area (Å²) in [5.41, 5.74) is 8.26. The van der Waals surface area contributed by atoms with Crippen molar-refractivity contribution < 1.29 is 34.2 Å². The molecule has 208 valence electrons. The average Bonchev–Trinajstić information content (AvgIpc) is 3.55. The number of carbonyl (C=O) groups excluding carboxylic acids is 3. The summed E-state index contributed by atoms with van der Waals surface area (Å²) in [6.45, 7) is 1.35. The first kappa shape index (κ1) is 28.8. The van der Waals surface area contributed by atoms with Crippen LogP contribution in [0.15, 0.2) is 43.0 Å². The summed E-state index contributed by atoms with van der Waals surface area (Å²) in [4.78, 5) is 70.8. The molecule has 2 heterocycles. The Morgan fingerprint density at radius 1 is 0.949 bits per heavy atom. The minimum absolute atomic E-state index is 0.0725. The number of carboxylic acid groups (broad SMARTS) is 2. The molecule has 9 N–H and O–H groups in total. The second-order valence-electron chi connectivity index (χ2n) is 9.07. The van der Waals surface area contributed by atoms with Crippen LogP contribution < -0.4 is 21.7 Å². The van der Waals surface area contributed by atoms with Crippen molar-refractivity contribution in [3.63, 3.8) is 0 Å². The maximum Gasteiger partial charge on any atom is 0.326 e. The van der Waals surface area contributed by atoms with Crippen molar-refractivity contribution >= 4 is 40.6 Å². The van der Waals surface area contributed by atoms with E-state index in [0.717, 1.165) is 16.5 Å². The lowest BCUT2D eigenvalue weighted by atomic mass is 10.0. The third-order valence-electron chi connectivity index (χ3n) is 6.08. The monoisotopic (exact) mass is 541 g/mol. The van der Waals surface area contributed by atoms with Crippen LogP contribution in [0.25, 0.3) is 10.9 Å². The van der Waals surface area contributed by atoms with E-state index in [1.807, 2.05) is 24.3 Å². The van der Waals surface area contributed by atoms with Crippen molar-refractivity contribution in [3.05, 3.63) is 54.2 Å². The predicted octanol–water partition coefficient (Wildman–Crippen LogP) is -0.573. The molecular formula is C25H31N7O7. The van der Waals surface area contributed by atoms with Gasteiger partial charge in [0.2, 0.25) is 17.7 Å². The molecule has 2 aromatic heterocycles. The summed E-state index contributed by atoms with van der Waals surface area (Å²) in [6.07, 6.45) is 4.14. The quantitative estimate of drug-likeness (QED) is 0.130. The zero-order valence-corrected chi connectivity index (χ0v) is 21.1. The van der Waals surface area contributed by atoms with E-state index in [9.17, 15) is 29.1 Å². The van der Waals surface area contributed by atoms with Gasteiger partial charge in [-0.3, -0.25) is 19.2 Å². The first-order valence-electron chi connectivity index (χ1n) is 12.2. The van der Waals surface area contributed by atoms with Crippen LogP contribution in [0.3, 0.4) is 0 Å². The van der Waals surface area contributed by atoms with Crippen LogP contribution in [0.4, 0.5) is 0 Å². The highest BCUT2D eigenvalue weighted by Crippen LogP contribution is 2.19. The number of fused-ring (bicyclic) bond motifs is 1. The number of aliphatic carboxylic acids is 2. The Balaban J connectivity index is 1.72. The summed E-state index contributed by atoms with van der Waals surface area (Å²) in [5.74, 6) is -4.73. The van der Waals surface area contributed by atoms with Gasteiger partial charge in [-0.05, 0) is 25.0 Å². The highest BCUT2D eigenvalue weighted by atomic mass is 16.4. The Kier molecular flexibility index (Phi) is 9.75. The molecule has 0 bridgehead atoms. The van der Waals surface area contributed by atoms with Gasteiger partial charge in [0.1, 0.15) is 18.1 Å². The smallest absolute Gasteiger partial charge is 0.326 e. The number of carboxylic acids is 2. The van der Waals surface area contributed by atoms with E-state index >= 15 is 0 Å². The highest BCUT2D eigenvalue weighted by Gasteiger charge is 2.29. The van der Waals surface area contributed by atoms with Crippen molar-refractivity contribution in [1.29, 1.82) is 0 Å². The Bertz CT molecular complexity index is 1320. The molecule has 4 atom stereocenters. The zero-order chi connectivity index (χ0) is 28.5. The van der Waals surface area contributed by atoms with Crippen LogP contribution >= 0.6 is 0 Å². The van der Waals surface area contributed by atoms with Gasteiger partial charge in [-0.1, -0.05) is 18.2 Å². The van der Waals surface area contributed by atoms with Crippen molar-refractivity contribution in [2.75, 3.05) is 0 Å². The molecule has 14 heteroatoms. The van der Waals surface area contributed by atoms with E-state index in [1.54, 1.807) is 6.20 Å². The molecule has 0 radical (unpaired) electrons. The van der Waals surface area contributed by atoms with Gasteiger partial charge in [0.05, 0.1) is 12.4 Å². The van der Waals surface area contributed by atoms with Crippen LogP contribution in [0, 0.1) is 0 Å². The molecule has 0 fully saturated rings. The molecule has 0 spiro atoms. The molecule has 4 unspecified atom stereocenters. The van der Waals surface area contributed by atoms with Crippen LogP contribution in [0.2, 0.25) is 0 Å². The van der Waals surface area contributed by atoms with E-state index in [1.165, 1.54) is 19.4 Å². The van der Waals surface area contributed by atoms with Gasteiger partial charge in [-0.15, -0.1) is 0 Å². The minimum atomic E-state index is -1.45. The molecule has 0 saturated carbocycles. The topological polar surface area (TPSA) is 232 Å². The molecule has 1 aromatic carbocycles. The molecular weight excluding hydrogens is 510 g/mol. The molecule has 39 heavy (non-hydrogen) atoms. The summed E-state index contributed by atoms with van der Waals surface area (Å²) < 4.78 is 0. The maximum atomic E-state index is 13.3. The van der Waals surface area contributed by atoms with E-state index < -0.39 is 60.2 Å². The Hall–Kier alpha value is -4.72. The number of hydrogen-bond donors (Lipinski definition) is 8. The molecule has 3 amide bonds. The zero-order valence-electron chi connectivity index (χ0n) is 21.1. The predicted molar refractivity (Wildman–Crippen MR) is 138 cm³/mol. The number of rotatable bonds is 14. The largest absolute Gasteiger partial charge is 0.481 e. The van der Waals surface area contributed by atoms with E-state index in [0.29, 0.717) is 5.69 Å². The number of benzene rings is 1. The molecule has 3 rings (SSSR count). The van der Waals surface area contributed by atoms with Gasteiger partial charge in [0, 0.05) is 48.3 Å². The van der Waals surface area contributed by atoms with Gasteiger partial charge < -0.3 is 41.9 Å². The van der Waals surface area contributed by atoms with Gasteiger partial charge in [0.25, 0.3) is 0 Å². The number of H-pyrrole nitrogens is 2. The maximum absolute atomic E-state index is 13.3. The fourth-order valence-electron chi connectivity index (χ4n) is 3.94. The number of aromatic nitrogens is 3. The first-order valence-corrected chi connectivity index (χ1v) is 12.2. The van der Waals surface area contributed by atoms with Crippen molar-refractivity contribution in [1.82, 2.24) is 30.9 Å². The lowest BCUT2D eigenvalue weighted by Gasteiger charge is -2.23. The molecule has 0 aliphatic carbocycles. The molecule has 3 aromatic rings. The SMILES string of the molecule is CC(NC(=O)C(Cc1c[nH]c2ccccc12)NC(=O)C(N)Cc1cnc[nH]1)C(=O)NC(CCC(=O)O)C(=O)O. The highest BCUT2D eigenvalue weighted by molar-refractivity contribution is 5.94. The Morgan fingerprint density at radius 2 is 1.67 bits per heavy atom. The number of imidazole rings is 1. The number of para-hydroxylation sites is 1. The molecule has 0 saturated heterocycles. The van der Waals surface area contributed by atoms with Gasteiger partial charge >= 0.3 is 11.9 Å². The van der Waals surface area contributed by atoms with Crippen molar-refractivity contribution in [3.8, 4) is 0 Å². The molecule has 0 aliphatic rings. The standard InChI is InChI=1S/C25H31N7O7/c1-13(22(35)31-19(25(38)39)6-7-21(33)34)30-24(37)20(8-14-10-28-18-5-3-2-4-16(14)18)32-23(36)17(26)9-15-11-27-12-29-15/h2-5,10-13,17,19-20,28H,6-9,26H2,1H3,(H,27,29)(H,30,37)(H,31,35)(H,32,36)(H,33,34)(H,38,39). The second kappa shape index (κ2) is 13.2. The molecule has 14 nitrogen and oxygen atoms in total. The van der Waals surface area contributed by atoms with Crippen LogP contribution in [0.5, 0.6) is 0 Å². The van der Waals surface area contributed by atoms with Crippen LogP contribution in [-0.2, 0) is 36.8 Å². The lowest BCUT2D eigenvalue weighted by Crippen LogP contribution is -2.57. The van der Waals surface area contributed by atoms with Crippen LogP contribution in [-0.4, -0.2) is 79.0 Å².